The first-order valence-electron chi connectivity index (χ1n) is 7.29. The average molecular weight is 280 g/mol. The highest BCUT2D eigenvalue weighted by molar-refractivity contribution is 5.99. The summed E-state index contributed by atoms with van der Waals surface area (Å²) in [6.07, 6.45) is 10.4. The Balaban J connectivity index is 1.58. The van der Waals surface area contributed by atoms with Crippen LogP contribution in [-0.2, 0) is 0 Å². The van der Waals surface area contributed by atoms with Crippen molar-refractivity contribution in [1.82, 2.24) is 10.6 Å². The Kier molecular flexibility index (Phi) is 2.76. The SMILES string of the molecule is C#Cc1coc2ccc(C(=O)N[C@@H]3C[C@H]4CC[C@@H]3N4)cc12. The lowest BCUT2D eigenvalue weighted by Crippen LogP contribution is -2.42. The zero-order chi connectivity index (χ0) is 14.4. The second kappa shape index (κ2) is 4.64. The van der Waals surface area contributed by atoms with Crippen LogP contribution in [-0.4, -0.2) is 24.0 Å². The number of benzene rings is 1. The number of terminal acetylenes is 1. The van der Waals surface area contributed by atoms with Crippen molar-refractivity contribution in [3.63, 3.8) is 0 Å². The number of amides is 1. The summed E-state index contributed by atoms with van der Waals surface area (Å²) in [5, 5.41) is 7.48. The summed E-state index contributed by atoms with van der Waals surface area (Å²) in [6.45, 7) is 0. The maximum Gasteiger partial charge on any atom is 0.251 e. The van der Waals surface area contributed by atoms with Gasteiger partial charge in [0.25, 0.3) is 5.91 Å². The van der Waals surface area contributed by atoms with Crippen LogP contribution in [0.1, 0.15) is 35.2 Å². The summed E-state index contributed by atoms with van der Waals surface area (Å²) in [5.74, 6) is 2.53. The summed E-state index contributed by atoms with van der Waals surface area (Å²) >= 11 is 0. The van der Waals surface area contributed by atoms with Gasteiger partial charge in [-0.15, -0.1) is 6.42 Å². The molecule has 3 heterocycles. The molecule has 2 aliphatic rings. The van der Waals surface area contributed by atoms with Crippen molar-refractivity contribution in [2.45, 2.75) is 37.4 Å². The van der Waals surface area contributed by atoms with E-state index in [1.807, 2.05) is 6.07 Å². The van der Waals surface area contributed by atoms with E-state index in [0.717, 1.165) is 18.2 Å². The molecule has 2 bridgehead atoms. The maximum absolute atomic E-state index is 12.4. The van der Waals surface area contributed by atoms with Gasteiger partial charge in [-0.05, 0) is 37.5 Å². The van der Waals surface area contributed by atoms with Gasteiger partial charge in [0, 0.05) is 29.1 Å². The van der Waals surface area contributed by atoms with Gasteiger partial charge in [0.05, 0.1) is 5.56 Å². The molecular formula is C17H16N2O2. The van der Waals surface area contributed by atoms with Crippen molar-refractivity contribution in [2.75, 3.05) is 0 Å². The smallest absolute Gasteiger partial charge is 0.251 e. The minimum atomic E-state index is -0.0413. The highest BCUT2D eigenvalue weighted by atomic mass is 16.3. The van der Waals surface area contributed by atoms with Crippen molar-refractivity contribution in [1.29, 1.82) is 0 Å². The molecule has 1 aromatic carbocycles. The van der Waals surface area contributed by atoms with Gasteiger partial charge in [0.2, 0.25) is 0 Å². The molecule has 0 unspecified atom stereocenters. The Morgan fingerprint density at radius 3 is 3.05 bits per heavy atom. The predicted molar refractivity (Wildman–Crippen MR) is 80.0 cm³/mol. The zero-order valence-corrected chi connectivity index (χ0v) is 11.6. The lowest BCUT2D eigenvalue weighted by Gasteiger charge is -2.21. The van der Waals surface area contributed by atoms with Crippen LogP contribution in [0, 0.1) is 12.3 Å². The molecule has 4 heteroatoms. The standard InChI is InChI=1S/C17H16N2O2/c1-2-10-9-21-16-6-3-11(7-13(10)16)17(20)19-15-8-12-4-5-14(15)18-12/h1,3,6-7,9,12,14-15,18H,4-5,8H2,(H,19,20)/t12-,14+,15-/m1/s1. The molecule has 4 nitrogen and oxygen atoms in total. The fraction of sp³-hybridized carbons (Fsp3) is 0.353. The van der Waals surface area contributed by atoms with Crippen molar-refractivity contribution in [2.24, 2.45) is 0 Å². The normalized spacial score (nSPS) is 26.9. The first-order chi connectivity index (χ1) is 10.2. The van der Waals surface area contributed by atoms with Crippen LogP contribution in [0.5, 0.6) is 0 Å². The molecule has 2 fully saturated rings. The van der Waals surface area contributed by atoms with Gasteiger partial charge in [0.1, 0.15) is 11.8 Å². The number of nitrogens with one attached hydrogen (secondary N) is 2. The second-order valence-electron chi connectivity index (χ2n) is 5.87. The minimum absolute atomic E-state index is 0.0413. The van der Waals surface area contributed by atoms with Gasteiger partial charge < -0.3 is 15.1 Å². The minimum Gasteiger partial charge on any atom is -0.463 e. The third-order valence-electron chi connectivity index (χ3n) is 4.61. The van der Waals surface area contributed by atoms with Crippen LogP contribution < -0.4 is 10.6 Å². The van der Waals surface area contributed by atoms with Crippen LogP contribution >= 0.6 is 0 Å². The molecule has 3 atom stereocenters. The van der Waals surface area contributed by atoms with E-state index in [9.17, 15) is 4.79 Å². The van der Waals surface area contributed by atoms with E-state index in [2.05, 4.69) is 16.6 Å². The van der Waals surface area contributed by atoms with Crippen molar-refractivity contribution < 1.29 is 9.21 Å². The highest BCUT2D eigenvalue weighted by Crippen LogP contribution is 2.28. The van der Waals surface area contributed by atoms with Crippen LogP contribution in [0.15, 0.2) is 28.9 Å². The molecule has 21 heavy (non-hydrogen) atoms. The molecule has 0 radical (unpaired) electrons. The highest BCUT2D eigenvalue weighted by Gasteiger charge is 2.39. The number of furan rings is 1. The summed E-state index contributed by atoms with van der Waals surface area (Å²) in [4.78, 5) is 12.4. The number of rotatable bonds is 2. The van der Waals surface area contributed by atoms with Crippen molar-refractivity contribution in [3.8, 4) is 12.3 Å². The molecule has 1 aromatic heterocycles. The Bertz CT molecular complexity index is 756. The maximum atomic E-state index is 12.4. The van der Waals surface area contributed by atoms with Gasteiger partial charge in [-0.2, -0.15) is 0 Å². The molecule has 2 saturated heterocycles. The van der Waals surface area contributed by atoms with Gasteiger partial charge in [-0.25, -0.2) is 0 Å². The van der Waals surface area contributed by atoms with Crippen LogP contribution in [0.25, 0.3) is 11.0 Å². The Morgan fingerprint density at radius 1 is 1.43 bits per heavy atom. The first-order valence-corrected chi connectivity index (χ1v) is 7.29. The summed E-state index contributed by atoms with van der Waals surface area (Å²) < 4.78 is 5.36. The molecule has 106 valence electrons. The fourth-order valence-corrected chi connectivity index (χ4v) is 3.52. The number of hydrogen-bond donors (Lipinski definition) is 2. The van der Waals surface area contributed by atoms with E-state index < -0.39 is 0 Å². The fourth-order valence-electron chi connectivity index (χ4n) is 3.52. The topological polar surface area (TPSA) is 54.3 Å². The Labute approximate surface area is 122 Å². The lowest BCUT2D eigenvalue weighted by molar-refractivity contribution is 0.0931. The van der Waals surface area contributed by atoms with E-state index in [1.165, 1.54) is 6.42 Å². The van der Waals surface area contributed by atoms with Gasteiger partial charge in [-0.1, -0.05) is 5.92 Å². The van der Waals surface area contributed by atoms with Gasteiger partial charge in [0.15, 0.2) is 0 Å². The van der Waals surface area contributed by atoms with Crippen molar-refractivity contribution in [3.05, 3.63) is 35.6 Å². The third kappa shape index (κ3) is 2.01. The average Bonchev–Trinajstić information content (AvgIpc) is 3.21. The summed E-state index contributed by atoms with van der Waals surface area (Å²) in [7, 11) is 0. The number of fused-ring (bicyclic) bond motifs is 3. The monoisotopic (exact) mass is 280 g/mol. The van der Waals surface area contributed by atoms with Gasteiger partial charge >= 0.3 is 0 Å². The number of hydrogen-bond acceptors (Lipinski definition) is 3. The van der Waals surface area contributed by atoms with E-state index in [1.54, 1.807) is 18.4 Å². The molecular weight excluding hydrogens is 264 g/mol. The van der Waals surface area contributed by atoms with Gasteiger partial charge in [-0.3, -0.25) is 4.79 Å². The Hall–Kier alpha value is -2.25. The third-order valence-corrected chi connectivity index (χ3v) is 4.61. The molecule has 0 spiro atoms. The molecule has 0 aliphatic carbocycles. The van der Waals surface area contributed by atoms with Crippen LogP contribution in [0.4, 0.5) is 0 Å². The molecule has 0 saturated carbocycles. The van der Waals surface area contributed by atoms with Crippen LogP contribution in [0.2, 0.25) is 0 Å². The van der Waals surface area contributed by atoms with Crippen LogP contribution in [0.3, 0.4) is 0 Å². The number of carbonyl (C=O) groups is 1. The van der Waals surface area contributed by atoms with Crippen molar-refractivity contribution >= 4 is 16.9 Å². The molecule has 2 aromatic rings. The summed E-state index contributed by atoms with van der Waals surface area (Å²) in [5.41, 5.74) is 2.02. The predicted octanol–water partition coefficient (Wildman–Crippen LogP) is 2.04. The summed E-state index contributed by atoms with van der Waals surface area (Å²) in [6, 6.07) is 6.63. The van der Waals surface area contributed by atoms with E-state index in [4.69, 9.17) is 10.8 Å². The molecule has 4 rings (SSSR count). The van der Waals surface area contributed by atoms with E-state index in [-0.39, 0.29) is 11.9 Å². The quantitative estimate of drug-likeness (QED) is 0.828. The molecule has 2 N–H and O–H groups in total. The zero-order valence-electron chi connectivity index (χ0n) is 11.6. The first kappa shape index (κ1) is 12.5. The van der Waals surface area contributed by atoms with E-state index in [0.29, 0.717) is 28.8 Å². The second-order valence-corrected chi connectivity index (χ2v) is 5.87. The lowest BCUT2D eigenvalue weighted by atomic mass is 9.95. The molecule has 2 aliphatic heterocycles. The largest absolute Gasteiger partial charge is 0.463 e. The van der Waals surface area contributed by atoms with E-state index >= 15 is 0 Å². The number of carbonyl (C=O) groups excluding carboxylic acids is 1. The Morgan fingerprint density at radius 2 is 2.33 bits per heavy atom. The molecule has 1 amide bonds.